The number of nitrogens with zero attached hydrogens (tertiary/aromatic N) is 2. The molecule has 0 spiro atoms. The van der Waals surface area contributed by atoms with Gasteiger partial charge in [-0.25, -0.2) is 4.98 Å². The average molecular weight is 275 g/mol. The van der Waals surface area contributed by atoms with Crippen LogP contribution in [0.3, 0.4) is 0 Å². The van der Waals surface area contributed by atoms with Crippen LogP contribution in [0.15, 0.2) is 36.5 Å². The minimum Gasteiger partial charge on any atom is -0.344 e. The third kappa shape index (κ3) is 3.55. The summed E-state index contributed by atoms with van der Waals surface area (Å²) in [5, 5.41) is 4.35. The van der Waals surface area contributed by atoms with Crippen LogP contribution in [-0.4, -0.2) is 18.6 Å². The summed E-state index contributed by atoms with van der Waals surface area (Å²) in [6.07, 6.45) is 1.98. The lowest BCUT2D eigenvalue weighted by Crippen LogP contribution is -2.21. The van der Waals surface area contributed by atoms with Crippen molar-refractivity contribution in [1.29, 1.82) is 0 Å². The second-order valence-electron chi connectivity index (χ2n) is 4.56. The van der Waals surface area contributed by atoms with Crippen LogP contribution in [0.25, 0.3) is 0 Å². The fourth-order valence-electron chi connectivity index (χ4n) is 1.88. The van der Waals surface area contributed by atoms with Gasteiger partial charge < -0.3 is 10.2 Å². The molecule has 0 radical (unpaired) electrons. The zero-order chi connectivity index (χ0) is 13.7. The number of thiazole rings is 1. The molecule has 0 saturated carbocycles. The van der Waals surface area contributed by atoms with E-state index in [4.69, 9.17) is 0 Å². The van der Waals surface area contributed by atoms with Gasteiger partial charge in [-0.2, -0.15) is 0 Å². The minimum absolute atomic E-state index is 0.363. The Bertz CT molecular complexity index is 495. The highest BCUT2D eigenvalue weighted by Gasteiger charge is 2.12. The molecule has 0 saturated heterocycles. The van der Waals surface area contributed by atoms with E-state index in [1.807, 2.05) is 13.2 Å². The van der Waals surface area contributed by atoms with Crippen molar-refractivity contribution < 1.29 is 0 Å². The molecule has 102 valence electrons. The molecule has 0 bridgehead atoms. The molecule has 19 heavy (non-hydrogen) atoms. The fourth-order valence-corrected chi connectivity index (χ4v) is 2.92. The van der Waals surface area contributed by atoms with Crippen LogP contribution >= 0.6 is 11.3 Å². The van der Waals surface area contributed by atoms with Crippen molar-refractivity contribution in [3.05, 3.63) is 47.0 Å². The molecule has 0 amide bonds. The minimum atomic E-state index is 0.363. The summed E-state index contributed by atoms with van der Waals surface area (Å²) >= 11 is 1.77. The second kappa shape index (κ2) is 6.68. The Balaban J connectivity index is 2.11. The van der Waals surface area contributed by atoms with Gasteiger partial charge in [-0.05, 0) is 26.5 Å². The van der Waals surface area contributed by atoms with Crippen LogP contribution < -0.4 is 10.2 Å². The topological polar surface area (TPSA) is 28.2 Å². The first-order valence-corrected chi connectivity index (χ1v) is 7.48. The predicted molar refractivity (Wildman–Crippen MR) is 82.8 cm³/mol. The molecular weight excluding hydrogens is 254 g/mol. The number of aromatic nitrogens is 1. The molecule has 0 fully saturated rings. The van der Waals surface area contributed by atoms with E-state index in [1.54, 1.807) is 11.3 Å². The van der Waals surface area contributed by atoms with Gasteiger partial charge in [-0.3, -0.25) is 0 Å². The van der Waals surface area contributed by atoms with Crippen molar-refractivity contribution in [2.45, 2.75) is 26.4 Å². The van der Waals surface area contributed by atoms with Crippen LogP contribution in [0.1, 0.15) is 30.3 Å². The molecule has 1 heterocycles. The Morgan fingerprint density at radius 3 is 2.68 bits per heavy atom. The Morgan fingerprint density at radius 1 is 1.32 bits per heavy atom. The van der Waals surface area contributed by atoms with Crippen molar-refractivity contribution in [2.75, 3.05) is 18.5 Å². The molecular formula is C15H21N3S. The smallest absolute Gasteiger partial charge is 0.185 e. The van der Waals surface area contributed by atoms with Crippen molar-refractivity contribution >= 4 is 16.5 Å². The first-order valence-electron chi connectivity index (χ1n) is 6.66. The maximum Gasteiger partial charge on any atom is 0.185 e. The van der Waals surface area contributed by atoms with E-state index < -0.39 is 0 Å². The van der Waals surface area contributed by atoms with Gasteiger partial charge in [-0.15, -0.1) is 11.3 Å². The van der Waals surface area contributed by atoms with E-state index in [0.717, 1.165) is 18.2 Å². The van der Waals surface area contributed by atoms with Crippen molar-refractivity contribution in [2.24, 2.45) is 0 Å². The summed E-state index contributed by atoms with van der Waals surface area (Å²) in [5.74, 6) is 0. The van der Waals surface area contributed by atoms with E-state index in [2.05, 4.69) is 59.4 Å². The van der Waals surface area contributed by atoms with E-state index in [0.29, 0.717) is 6.04 Å². The number of anilines is 1. The highest BCUT2D eigenvalue weighted by atomic mass is 32.1. The summed E-state index contributed by atoms with van der Waals surface area (Å²) in [7, 11) is 1.98. The largest absolute Gasteiger partial charge is 0.344 e. The lowest BCUT2D eigenvalue weighted by molar-refractivity contribution is 0.662. The molecule has 1 aromatic heterocycles. The van der Waals surface area contributed by atoms with Crippen LogP contribution in [0, 0.1) is 0 Å². The van der Waals surface area contributed by atoms with Crippen molar-refractivity contribution in [3.63, 3.8) is 0 Å². The number of hydrogen-bond donors (Lipinski definition) is 1. The molecule has 1 N–H and O–H groups in total. The van der Waals surface area contributed by atoms with Gasteiger partial charge in [0.05, 0.1) is 0 Å². The normalized spacial score (nSPS) is 12.4. The van der Waals surface area contributed by atoms with E-state index in [9.17, 15) is 0 Å². The fraction of sp³-hybridized carbons (Fsp3) is 0.400. The van der Waals surface area contributed by atoms with Gasteiger partial charge in [0.2, 0.25) is 0 Å². The summed E-state index contributed by atoms with van der Waals surface area (Å²) in [6.45, 7) is 6.21. The van der Waals surface area contributed by atoms with Crippen LogP contribution in [0.4, 0.5) is 5.13 Å². The zero-order valence-corrected chi connectivity index (χ0v) is 12.6. The highest BCUT2D eigenvalue weighted by Crippen LogP contribution is 2.27. The maximum absolute atomic E-state index is 4.56. The Labute approximate surface area is 119 Å². The van der Waals surface area contributed by atoms with Gasteiger partial charge in [0, 0.05) is 30.2 Å². The molecule has 1 atom stereocenters. The number of nitrogens with one attached hydrogen (secondary N) is 1. The lowest BCUT2D eigenvalue weighted by Gasteiger charge is -2.19. The number of benzene rings is 1. The molecule has 4 heteroatoms. The molecule has 1 aromatic carbocycles. The van der Waals surface area contributed by atoms with Crippen LogP contribution in [-0.2, 0) is 6.54 Å². The Morgan fingerprint density at radius 2 is 2.05 bits per heavy atom. The number of hydrogen-bond acceptors (Lipinski definition) is 4. The maximum atomic E-state index is 4.56. The lowest BCUT2D eigenvalue weighted by atomic mass is 10.2. The molecule has 3 nitrogen and oxygen atoms in total. The van der Waals surface area contributed by atoms with Gasteiger partial charge in [0.25, 0.3) is 0 Å². The molecule has 1 unspecified atom stereocenters. The molecule has 2 rings (SSSR count). The second-order valence-corrected chi connectivity index (χ2v) is 5.60. The van der Waals surface area contributed by atoms with Crippen LogP contribution in [0.2, 0.25) is 0 Å². The first kappa shape index (κ1) is 14.0. The van der Waals surface area contributed by atoms with Gasteiger partial charge in [0.15, 0.2) is 5.13 Å². The molecule has 0 aliphatic rings. The van der Waals surface area contributed by atoms with Gasteiger partial charge in [0.1, 0.15) is 0 Å². The monoisotopic (exact) mass is 275 g/mol. The van der Waals surface area contributed by atoms with Crippen LogP contribution in [0.5, 0.6) is 0 Å². The van der Waals surface area contributed by atoms with E-state index >= 15 is 0 Å². The third-order valence-electron chi connectivity index (χ3n) is 3.24. The van der Waals surface area contributed by atoms with E-state index in [-0.39, 0.29) is 0 Å². The quantitative estimate of drug-likeness (QED) is 0.875. The van der Waals surface area contributed by atoms with Gasteiger partial charge in [-0.1, -0.05) is 30.3 Å². The van der Waals surface area contributed by atoms with Crippen molar-refractivity contribution in [1.82, 2.24) is 10.3 Å². The summed E-state index contributed by atoms with van der Waals surface area (Å²) in [6, 6.07) is 10.9. The Kier molecular flexibility index (Phi) is 4.93. The average Bonchev–Trinajstić information content (AvgIpc) is 2.94. The summed E-state index contributed by atoms with van der Waals surface area (Å²) < 4.78 is 0. The van der Waals surface area contributed by atoms with Gasteiger partial charge >= 0.3 is 0 Å². The molecule has 2 aromatic rings. The zero-order valence-electron chi connectivity index (χ0n) is 11.8. The Hall–Kier alpha value is -1.39. The molecule has 0 aliphatic carbocycles. The molecule has 0 aliphatic heterocycles. The predicted octanol–water partition coefficient (Wildman–Crippen LogP) is 3.45. The SMILES string of the molecule is CCN(Cc1ccccc1)c1ncc(C(C)NC)s1. The van der Waals surface area contributed by atoms with E-state index in [1.165, 1.54) is 10.4 Å². The first-order chi connectivity index (χ1) is 9.24. The summed E-state index contributed by atoms with van der Waals surface area (Å²) in [5.41, 5.74) is 1.32. The van der Waals surface area contributed by atoms with Crippen molar-refractivity contribution in [3.8, 4) is 0 Å². The number of rotatable bonds is 6. The third-order valence-corrected chi connectivity index (χ3v) is 4.48. The highest BCUT2D eigenvalue weighted by molar-refractivity contribution is 7.15. The standard InChI is InChI=1S/C15H21N3S/c1-4-18(11-13-8-6-5-7-9-13)15-17-10-14(19-15)12(2)16-3/h5-10,12,16H,4,11H2,1-3H3. The summed E-state index contributed by atoms with van der Waals surface area (Å²) in [4.78, 5) is 8.15.